The molecule has 0 atom stereocenters. The molecule has 0 unspecified atom stereocenters. The molecule has 0 saturated heterocycles. The SMILES string of the molecule is CCN(CCOC)c1nc(C(F)(F)F)ccc1C(N)=O. The summed E-state index contributed by atoms with van der Waals surface area (Å²) < 4.78 is 43.0. The van der Waals surface area contributed by atoms with Gasteiger partial charge in [0.25, 0.3) is 5.91 Å². The maximum atomic E-state index is 12.7. The Labute approximate surface area is 114 Å². The summed E-state index contributed by atoms with van der Waals surface area (Å²) in [6.45, 7) is 2.71. The molecule has 5 nitrogen and oxygen atoms in total. The van der Waals surface area contributed by atoms with Crippen molar-refractivity contribution in [2.24, 2.45) is 5.73 Å². The van der Waals surface area contributed by atoms with E-state index in [1.807, 2.05) is 0 Å². The van der Waals surface area contributed by atoms with E-state index in [1.54, 1.807) is 6.92 Å². The highest BCUT2D eigenvalue weighted by molar-refractivity contribution is 5.97. The van der Waals surface area contributed by atoms with Gasteiger partial charge in [-0.3, -0.25) is 4.79 Å². The van der Waals surface area contributed by atoms with Gasteiger partial charge in [-0.2, -0.15) is 13.2 Å². The van der Waals surface area contributed by atoms with Crippen LogP contribution in [0.3, 0.4) is 0 Å². The summed E-state index contributed by atoms with van der Waals surface area (Å²) in [5.74, 6) is -0.899. The third-order valence-corrected chi connectivity index (χ3v) is 2.68. The van der Waals surface area contributed by atoms with E-state index in [4.69, 9.17) is 10.5 Å². The Kier molecular flexibility index (Phi) is 5.32. The van der Waals surface area contributed by atoms with E-state index >= 15 is 0 Å². The van der Waals surface area contributed by atoms with Gasteiger partial charge in [-0.05, 0) is 19.1 Å². The minimum absolute atomic E-state index is 0.0454. The fourth-order valence-corrected chi connectivity index (χ4v) is 1.65. The van der Waals surface area contributed by atoms with Crippen molar-refractivity contribution in [1.82, 2.24) is 4.98 Å². The fraction of sp³-hybridized carbons (Fsp3) is 0.500. The van der Waals surface area contributed by atoms with Gasteiger partial charge in [0.05, 0.1) is 12.2 Å². The van der Waals surface area contributed by atoms with Crippen LogP contribution in [0.1, 0.15) is 23.0 Å². The number of halogens is 3. The van der Waals surface area contributed by atoms with Crippen molar-refractivity contribution >= 4 is 11.7 Å². The van der Waals surface area contributed by atoms with Gasteiger partial charge >= 0.3 is 6.18 Å². The molecule has 0 aromatic carbocycles. The van der Waals surface area contributed by atoms with Gasteiger partial charge < -0.3 is 15.4 Å². The maximum Gasteiger partial charge on any atom is 0.433 e. The largest absolute Gasteiger partial charge is 0.433 e. The molecule has 1 heterocycles. The van der Waals surface area contributed by atoms with E-state index in [0.717, 1.165) is 12.1 Å². The Morgan fingerprint density at radius 3 is 2.55 bits per heavy atom. The van der Waals surface area contributed by atoms with Crippen LogP contribution in [-0.2, 0) is 10.9 Å². The molecule has 0 aliphatic rings. The normalized spacial score (nSPS) is 11.4. The monoisotopic (exact) mass is 291 g/mol. The van der Waals surface area contributed by atoms with Gasteiger partial charge in [-0.1, -0.05) is 0 Å². The number of methoxy groups -OCH3 is 1. The van der Waals surface area contributed by atoms with Crippen LogP contribution in [0.2, 0.25) is 0 Å². The Hall–Kier alpha value is -1.83. The number of hydrogen-bond donors (Lipinski definition) is 1. The molecule has 0 saturated carbocycles. The molecule has 0 bridgehead atoms. The molecule has 1 amide bonds. The second kappa shape index (κ2) is 6.56. The summed E-state index contributed by atoms with van der Waals surface area (Å²) in [5, 5.41) is 0. The summed E-state index contributed by atoms with van der Waals surface area (Å²) in [7, 11) is 1.47. The van der Waals surface area contributed by atoms with Crippen LogP contribution in [0.15, 0.2) is 12.1 Å². The third kappa shape index (κ3) is 3.83. The second-order valence-electron chi connectivity index (χ2n) is 4.00. The molecule has 112 valence electrons. The highest BCUT2D eigenvalue weighted by Gasteiger charge is 2.34. The summed E-state index contributed by atoms with van der Waals surface area (Å²) in [6, 6.07) is 1.79. The molecule has 1 rings (SSSR count). The lowest BCUT2D eigenvalue weighted by molar-refractivity contribution is -0.141. The van der Waals surface area contributed by atoms with Gasteiger partial charge in [0.1, 0.15) is 11.5 Å². The number of ether oxygens (including phenoxy) is 1. The standard InChI is InChI=1S/C12H16F3N3O2/c1-3-18(6-7-20-2)11-8(10(16)19)4-5-9(17-11)12(13,14)15/h4-5H,3,6-7H2,1-2H3,(H2,16,19). The van der Waals surface area contributed by atoms with Crippen LogP contribution < -0.4 is 10.6 Å². The van der Waals surface area contributed by atoms with Crippen molar-refractivity contribution in [3.05, 3.63) is 23.4 Å². The number of alkyl halides is 3. The molecule has 0 aliphatic carbocycles. The van der Waals surface area contributed by atoms with E-state index in [1.165, 1.54) is 12.0 Å². The molecule has 0 aliphatic heterocycles. The topological polar surface area (TPSA) is 68.4 Å². The number of likely N-dealkylation sites (N-methyl/N-ethyl adjacent to an activating group) is 1. The first-order valence-corrected chi connectivity index (χ1v) is 5.93. The predicted octanol–water partition coefficient (Wildman–Crippen LogP) is 1.67. The van der Waals surface area contributed by atoms with Crippen molar-refractivity contribution in [1.29, 1.82) is 0 Å². The molecule has 8 heteroatoms. The van der Waals surface area contributed by atoms with Crippen LogP contribution in [0.5, 0.6) is 0 Å². The average Bonchev–Trinajstić information content (AvgIpc) is 2.38. The minimum atomic E-state index is -4.58. The molecule has 0 spiro atoms. The number of carbonyl (C=O) groups is 1. The Morgan fingerprint density at radius 1 is 1.45 bits per heavy atom. The van der Waals surface area contributed by atoms with Crippen molar-refractivity contribution in [3.63, 3.8) is 0 Å². The van der Waals surface area contributed by atoms with Gasteiger partial charge in [-0.25, -0.2) is 4.98 Å². The van der Waals surface area contributed by atoms with Crippen LogP contribution in [0.4, 0.5) is 19.0 Å². The number of nitrogens with two attached hydrogens (primary N) is 1. The number of aromatic nitrogens is 1. The quantitative estimate of drug-likeness (QED) is 0.865. The van der Waals surface area contributed by atoms with Crippen molar-refractivity contribution in [3.8, 4) is 0 Å². The summed E-state index contributed by atoms with van der Waals surface area (Å²) >= 11 is 0. The van der Waals surface area contributed by atoms with Crippen LogP contribution in [0.25, 0.3) is 0 Å². The minimum Gasteiger partial charge on any atom is -0.383 e. The molecule has 0 fully saturated rings. The highest BCUT2D eigenvalue weighted by Crippen LogP contribution is 2.30. The number of anilines is 1. The van der Waals surface area contributed by atoms with E-state index in [0.29, 0.717) is 19.7 Å². The molecule has 20 heavy (non-hydrogen) atoms. The number of primary amides is 1. The Morgan fingerprint density at radius 2 is 2.10 bits per heavy atom. The molecular weight excluding hydrogens is 275 g/mol. The molecular formula is C12H16F3N3O2. The van der Waals surface area contributed by atoms with Crippen LogP contribution in [-0.4, -0.2) is 37.7 Å². The van der Waals surface area contributed by atoms with E-state index < -0.39 is 17.8 Å². The smallest absolute Gasteiger partial charge is 0.383 e. The number of carbonyl (C=O) groups excluding carboxylic acids is 1. The number of pyridine rings is 1. The summed E-state index contributed by atoms with van der Waals surface area (Å²) in [6.07, 6.45) is -4.58. The lowest BCUT2D eigenvalue weighted by Gasteiger charge is -2.24. The zero-order valence-electron chi connectivity index (χ0n) is 11.2. The first-order valence-electron chi connectivity index (χ1n) is 5.93. The molecule has 2 N–H and O–H groups in total. The van der Waals surface area contributed by atoms with Crippen molar-refractivity contribution in [2.75, 3.05) is 31.7 Å². The Balaban J connectivity index is 3.26. The number of amides is 1. The zero-order valence-corrected chi connectivity index (χ0v) is 11.2. The van der Waals surface area contributed by atoms with Gasteiger partial charge in [-0.15, -0.1) is 0 Å². The van der Waals surface area contributed by atoms with Gasteiger partial charge in [0, 0.05) is 20.2 Å². The second-order valence-corrected chi connectivity index (χ2v) is 4.00. The Bertz CT molecular complexity index is 478. The lowest BCUT2D eigenvalue weighted by atomic mass is 10.2. The maximum absolute atomic E-state index is 12.7. The molecule has 0 radical (unpaired) electrons. The van der Waals surface area contributed by atoms with Crippen molar-refractivity contribution in [2.45, 2.75) is 13.1 Å². The fourth-order valence-electron chi connectivity index (χ4n) is 1.65. The van der Waals surface area contributed by atoms with Gasteiger partial charge in [0.2, 0.25) is 0 Å². The third-order valence-electron chi connectivity index (χ3n) is 2.68. The summed E-state index contributed by atoms with van der Waals surface area (Å²) in [5.41, 5.74) is 4.07. The zero-order chi connectivity index (χ0) is 15.3. The summed E-state index contributed by atoms with van der Waals surface area (Å²) in [4.78, 5) is 16.4. The van der Waals surface area contributed by atoms with Crippen LogP contribution in [0, 0.1) is 0 Å². The van der Waals surface area contributed by atoms with Crippen LogP contribution >= 0.6 is 0 Å². The van der Waals surface area contributed by atoms with Gasteiger partial charge in [0.15, 0.2) is 0 Å². The lowest BCUT2D eigenvalue weighted by Crippen LogP contribution is -2.31. The number of rotatable bonds is 6. The molecule has 1 aromatic heterocycles. The number of hydrogen-bond acceptors (Lipinski definition) is 4. The van der Waals surface area contributed by atoms with Crippen molar-refractivity contribution < 1.29 is 22.7 Å². The molecule has 1 aromatic rings. The first-order chi connectivity index (χ1) is 9.31. The first kappa shape index (κ1) is 16.2. The number of nitrogens with zero attached hydrogens (tertiary/aromatic N) is 2. The average molecular weight is 291 g/mol. The van der Waals surface area contributed by atoms with E-state index in [9.17, 15) is 18.0 Å². The van der Waals surface area contributed by atoms with E-state index in [2.05, 4.69) is 4.98 Å². The highest BCUT2D eigenvalue weighted by atomic mass is 19.4. The van der Waals surface area contributed by atoms with E-state index in [-0.39, 0.29) is 11.4 Å². The predicted molar refractivity (Wildman–Crippen MR) is 67.5 cm³/mol.